The summed E-state index contributed by atoms with van der Waals surface area (Å²) >= 11 is 0. The summed E-state index contributed by atoms with van der Waals surface area (Å²) in [6.45, 7) is 0. The summed E-state index contributed by atoms with van der Waals surface area (Å²) in [5, 5.41) is 0. The Balaban J connectivity index is 1.46. The van der Waals surface area contributed by atoms with Crippen LogP contribution in [0.2, 0.25) is 0 Å². The van der Waals surface area contributed by atoms with Gasteiger partial charge in [-0.05, 0) is 68.8 Å². The van der Waals surface area contributed by atoms with Gasteiger partial charge in [-0.1, -0.05) is 121 Å². The lowest BCUT2D eigenvalue weighted by Crippen LogP contribution is -2.01. The average molecular weight is 497 g/mol. The predicted octanol–water partition coefficient (Wildman–Crippen LogP) is 9.67. The monoisotopic (exact) mass is 496 g/mol. The summed E-state index contributed by atoms with van der Waals surface area (Å²) in [6, 6.07) is 52.1. The number of benzene rings is 6. The van der Waals surface area contributed by atoms with Gasteiger partial charge in [-0.25, -0.2) is 4.98 Å². The maximum absolute atomic E-state index is 5.08. The standard InChI is InChI=1S/C37H24N2/c1-2-12-25(13-3-1)37-38-35-20-10-11-21-36(35)39(37)26-22-23-33-31-18-7-6-16-29(31)27-14-4-5-15-28(27)30-17-8-9-19-32(30)34(33)24-26/h1-24H. The van der Waals surface area contributed by atoms with Crippen molar-refractivity contribution >= 4 is 11.0 Å². The Morgan fingerprint density at radius 3 is 1.44 bits per heavy atom. The molecular formula is C37H24N2. The Hall–Kier alpha value is -5.21. The van der Waals surface area contributed by atoms with E-state index in [0.29, 0.717) is 0 Å². The molecule has 8 rings (SSSR count). The van der Waals surface area contributed by atoms with Crippen LogP contribution in [0.4, 0.5) is 0 Å². The smallest absolute Gasteiger partial charge is 0.145 e. The first-order chi connectivity index (χ1) is 19.4. The number of hydrogen-bond donors (Lipinski definition) is 0. The van der Waals surface area contributed by atoms with Gasteiger partial charge >= 0.3 is 0 Å². The molecule has 0 bridgehead atoms. The minimum Gasteiger partial charge on any atom is -0.292 e. The van der Waals surface area contributed by atoms with E-state index < -0.39 is 0 Å². The van der Waals surface area contributed by atoms with Gasteiger partial charge in [0, 0.05) is 11.3 Å². The number of fused-ring (bicyclic) bond motifs is 9. The molecule has 182 valence electrons. The Bertz CT molecular complexity index is 2010. The van der Waals surface area contributed by atoms with Crippen LogP contribution in [0.1, 0.15) is 0 Å². The molecule has 1 aliphatic carbocycles. The van der Waals surface area contributed by atoms with Crippen LogP contribution in [-0.4, -0.2) is 9.55 Å². The quantitative estimate of drug-likeness (QED) is 0.233. The molecule has 0 spiro atoms. The highest BCUT2D eigenvalue weighted by Crippen LogP contribution is 2.48. The Morgan fingerprint density at radius 2 is 0.846 bits per heavy atom. The van der Waals surface area contributed by atoms with Gasteiger partial charge in [-0.15, -0.1) is 0 Å². The van der Waals surface area contributed by atoms with Crippen LogP contribution in [-0.2, 0) is 0 Å². The van der Waals surface area contributed by atoms with Gasteiger partial charge in [-0.2, -0.15) is 0 Å². The van der Waals surface area contributed by atoms with E-state index >= 15 is 0 Å². The molecule has 39 heavy (non-hydrogen) atoms. The van der Waals surface area contributed by atoms with Crippen molar-refractivity contribution in [1.29, 1.82) is 0 Å². The number of nitrogens with zero attached hydrogens (tertiary/aromatic N) is 2. The zero-order valence-electron chi connectivity index (χ0n) is 21.3. The van der Waals surface area contributed by atoms with Crippen molar-refractivity contribution in [2.24, 2.45) is 0 Å². The molecule has 1 heterocycles. The molecule has 0 radical (unpaired) electrons. The molecule has 2 heteroatoms. The van der Waals surface area contributed by atoms with Crippen LogP contribution in [0.25, 0.3) is 72.6 Å². The third-order valence-electron chi connectivity index (χ3n) is 7.80. The average Bonchev–Trinajstić information content (AvgIpc) is 3.40. The molecular weight excluding hydrogens is 472 g/mol. The molecule has 1 aromatic heterocycles. The molecule has 1 aliphatic rings. The fraction of sp³-hybridized carbons (Fsp3) is 0. The van der Waals surface area contributed by atoms with Crippen LogP contribution in [0.15, 0.2) is 146 Å². The Morgan fingerprint density at radius 1 is 0.385 bits per heavy atom. The maximum atomic E-state index is 5.08. The van der Waals surface area contributed by atoms with E-state index in [4.69, 9.17) is 4.98 Å². The van der Waals surface area contributed by atoms with Crippen molar-refractivity contribution in [2.75, 3.05) is 0 Å². The molecule has 0 aliphatic heterocycles. The van der Waals surface area contributed by atoms with Crippen LogP contribution >= 0.6 is 0 Å². The summed E-state index contributed by atoms with van der Waals surface area (Å²) in [7, 11) is 0. The van der Waals surface area contributed by atoms with Crippen LogP contribution in [0, 0.1) is 0 Å². The van der Waals surface area contributed by atoms with Gasteiger partial charge in [0.2, 0.25) is 0 Å². The molecule has 7 aromatic rings. The lowest BCUT2D eigenvalue weighted by atomic mass is 9.81. The number of aromatic nitrogens is 2. The van der Waals surface area contributed by atoms with Crippen molar-refractivity contribution in [2.45, 2.75) is 0 Å². The molecule has 0 saturated carbocycles. The largest absolute Gasteiger partial charge is 0.292 e. The third-order valence-corrected chi connectivity index (χ3v) is 7.80. The second-order valence-electron chi connectivity index (χ2n) is 9.99. The van der Waals surface area contributed by atoms with Gasteiger partial charge in [0.15, 0.2) is 0 Å². The zero-order valence-corrected chi connectivity index (χ0v) is 21.3. The lowest BCUT2D eigenvalue weighted by molar-refractivity contribution is 1.10. The van der Waals surface area contributed by atoms with E-state index in [2.05, 4.69) is 144 Å². The van der Waals surface area contributed by atoms with Crippen molar-refractivity contribution in [3.05, 3.63) is 146 Å². The number of imidazole rings is 1. The van der Waals surface area contributed by atoms with Gasteiger partial charge in [0.1, 0.15) is 5.82 Å². The van der Waals surface area contributed by atoms with Crippen molar-refractivity contribution in [1.82, 2.24) is 9.55 Å². The maximum Gasteiger partial charge on any atom is 0.145 e. The summed E-state index contributed by atoms with van der Waals surface area (Å²) in [4.78, 5) is 5.08. The minimum absolute atomic E-state index is 0.946. The van der Waals surface area contributed by atoms with Crippen LogP contribution in [0.3, 0.4) is 0 Å². The van der Waals surface area contributed by atoms with Crippen molar-refractivity contribution < 1.29 is 0 Å². The molecule has 0 amide bonds. The fourth-order valence-corrected chi connectivity index (χ4v) is 6.06. The minimum atomic E-state index is 0.946. The number of para-hydroxylation sites is 2. The van der Waals surface area contributed by atoms with Gasteiger partial charge in [0.05, 0.1) is 11.0 Å². The van der Waals surface area contributed by atoms with E-state index in [0.717, 1.165) is 28.1 Å². The van der Waals surface area contributed by atoms with Crippen LogP contribution < -0.4 is 0 Å². The highest BCUT2D eigenvalue weighted by Gasteiger charge is 2.23. The number of rotatable bonds is 2. The summed E-state index contributed by atoms with van der Waals surface area (Å²) in [5.74, 6) is 0.946. The van der Waals surface area contributed by atoms with Crippen molar-refractivity contribution in [3.63, 3.8) is 0 Å². The third kappa shape index (κ3) is 3.39. The first-order valence-corrected chi connectivity index (χ1v) is 13.3. The summed E-state index contributed by atoms with van der Waals surface area (Å²) in [5.41, 5.74) is 14.3. The second kappa shape index (κ2) is 8.68. The first-order valence-electron chi connectivity index (χ1n) is 13.3. The van der Waals surface area contributed by atoms with Gasteiger partial charge in [0.25, 0.3) is 0 Å². The van der Waals surface area contributed by atoms with E-state index in [1.165, 1.54) is 44.5 Å². The fourth-order valence-electron chi connectivity index (χ4n) is 6.06. The van der Waals surface area contributed by atoms with Gasteiger partial charge < -0.3 is 0 Å². The molecule has 0 fully saturated rings. The number of hydrogen-bond acceptors (Lipinski definition) is 1. The molecule has 6 aromatic carbocycles. The lowest BCUT2D eigenvalue weighted by Gasteiger charge is -2.24. The predicted molar refractivity (Wildman–Crippen MR) is 162 cm³/mol. The Labute approximate surface area is 227 Å². The topological polar surface area (TPSA) is 17.8 Å². The van der Waals surface area contributed by atoms with Crippen LogP contribution in [0.5, 0.6) is 0 Å². The molecule has 0 atom stereocenters. The normalized spacial score (nSPS) is 11.6. The van der Waals surface area contributed by atoms with E-state index in [1.54, 1.807) is 0 Å². The molecule has 0 unspecified atom stereocenters. The summed E-state index contributed by atoms with van der Waals surface area (Å²) < 4.78 is 2.30. The van der Waals surface area contributed by atoms with E-state index in [9.17, 15) is 0 Å². The molecule has 0 N–H and O–H groups in total. The van der Waals surface area contributed by atoms with E-state index in [1.807, 2.05) is 6.07 Å². The highest BCUT2D eigenvalue weighted by molar-refractivity contribution is 6.03. The van der Waals surface area contributed by atoms with E-state index in [-0.39, 0.29) is 0 Å². The SMILES string of the molecule is c1ccc(-c2nc3ccccc3n2-c2ccc3c(c2)-c2ccccc2-c2ccccc2-c2ccccc2-3)cc1. The van der Waals surface area contributed by atoms with Gasteiger partial charge in [-0.3, -0.25) is 4.57 Å². The van der Waals surface area contributed by atoms with Crippen molar-refractivity contribution in [3.8, 4) is 61.6 Å². The molecule has 0 saturated heterocycles. The summed E-state index contributed by atoms with van der Waals surface area (Å²) in [6.07, 6.45) is 0. The highest BCUT2D eigenvalue weighted by atomic mass is 15.1. The first kappa shape index (κ1) is 21.8. The second-order valence-corrected chi connectivity index (χ2v) is 9.99. The zero-order chi connectivity index (χ0) is 25.8. The molecule has 2 nitrogen and oxygen atoms in total. The Kier molecular flexibility index (Phi) is 4.86.